The third kappa shape index (κ3) is 3.11. The van der Waals surface area contributed by atoms with Gasteiger partial charge >= 0.3 is 0 Å². The summed E-state index contributed by atoms with van der Waals surface area (Å²) in [5.74, 6) is 1.49. The van der Waals surface area contributed by atoms with Crippen molar-refractivity contribution in [1.82, 2.24) is 4.98 Å². The Labute approximate surface area is 110 Å². The monoisotopic (exact) mass is 267 g/mol. The Morgan fingerprint density at radius 3 is 2.53 bits per heavy atom. The van der Waals surface area contributed by atoms with Crippen molar-refractivity contribution in [1.29, 1.82) is 0 Å². The minimum absolute atomic E-state index is 0.386. The number of hydrogen-bond acceptors (Lipinski definition) is 2. The Hall–Kier alpha value is -1.25. The topological polar surface area (TPSA) is 22.1 Å². The molecule has 0 unspecified atom stereocenters. The molecule has 0 amide bonds. The van der Waals surface area contributed by atoms with Crippen LogP contribution in [0, 0.1) is 6.92 Å². The van der Waals surface area contributed by atoms with Crippen LogP contribution in [0.2, 0.25) is 5.02 Å². The molecule has 0 N–H and O–H groups in total. The third-order valence-corrected chi connectivity index (χ3v) is 2.83. The molecule has 1 aromatic heterocycles. The number of rotatable bonds is 3. The number of benzene rings is 1. The Morgan fingerprint density at radius 1 is 1.24 bits per heavy atom. The lowest BCUT2D eigenvalue weighted by atomic mass is 10.2. The van der Waals surface area contributed by atoms with E-state index in [1.165, 1.54) is 5.56 Å². The van der Waals surface area contributed by atoms with Crippen molar-refractivity contribution in [2.75, 3.05) is 0 Å². The minimum atomic E-state index is 0.386. The molecule has 1 heterocycles. The zero-order valence-electron chi connectivity index (χ0n) is 9.28. The van der Waals surface area contributed by atoms with Gasteiger partial charge in [-0.2, -0.15) is 0 Å². The van der Waals surface area contributed by atoms with Gasteiger partial charge in [0.15, 0.2) is 0 Å². The summed E-state index contributed by atoms with van der Waals surface area (Å²) in [6.45, 7) is 2.02. The van der Waals surface area contributed by atoms with Crippen LogP contribution >= 0.6 is 23.2 Å². The van der Waals surface area contributed by atoms with Crippen LogP contribution in [-0.4, -0.2) is 4.98 Å². The van der Waals surface area contributed by atoms with Crippen LogP contribution in [0.15, 0.2) is 36.5 Å². The maximum atomic E-state index is 6.04. The summed E-state index contributed by atoms with van der Waals surface area (Å²) in [6, 6.07) is 9.45. The highest BCUT2D eigenvalue weighted by Gasteiger charge is 2.05. The van der Waals surface area contributed by atoms with Gasteiger partial charge in [-0.1, -0.05) is 29.3 Å². The molecule has 0 saturated heterocycles. The molecule has 0 aliphatic carbocycles. The van der Waals surface area contributed by atoms with E-state index in [2.05, 4.69) is 4.98 Å². The fourth-order valence-electron chi connectivity index (χ4n) is 1.33. The maximum absolute atomic E-state index is 6.04. The molecular formula is C13H11Cl2NO. The fourth-order valence-corrected chi connectivity index (χ4v) is 1.70. The second-order valence-corrected chi connectivity index (χ2v) is 4.35. The van der Waals surface area contributed by atoms with Gasteiger partial charge < -0.3 is 4.74 Å². The number of aromatic nitrogens is 1. The van der Waals surface area contributed by atoms with Crippen molar-refractivity contribution in [3.8, 4) is 11.6 Å². The number of aryl methyl sites for hydroxylation is 1. The van der Waals surface area contributed by atoms with Crippen molar-refractivity contribution in [3.05, 3.63) is 52.7 Å². The van der Waals surface area contributed by atoms with Gasteiger partial charge in [0.05, 0.1) is 0 Å². The van der Waals surface area contributed by atoms with Crippen LogP contribution in [-0.2, 0) is 5.88 Å². The number of ether oxygens (including phenoxy) is 1. The van der Waals surface area contributed by atoms with E-state index in [9.17, 15) is 0 Å². The molecule has 0 saturated carbocycles. The largest absolute Gasteiger partial charge is 0.438 e. The molecule has 0 bridgehead atoms. The lowest BCUT2D eigenvalue weighted by Crippen LogP contribution is -1.90. The van der Waals surface area contributed by atoms with Gasteiger partial charge in [-0.15, -0.1) is 11.6 Å². The second kappa shape index (κ2) is 5.39. The van der Waals surface area contributed by atoms with Crippen LogP contribution in [0.25, 0.3) is 0 Å². The Balaban J connectivity index is 2.21. The standard InChI is InChI=1S/C13H11Cl2NO/c1-9-2-4-11(5-3-9)17-13-12(15)6-10(7-14)8-16-13/h2-6,8H,7H2,1H3. The first kappa shape index (κ1) is 12.2. The third-order valence-electron chi connectivity index (χ3n) is 2.25. The first-order chi connectivity index (χ1) is 8.19. The quantitative estimate of drug-likeness (QED) is 0.760. The Morgan fingerprint density at radius 2 is 1.94 bits per heavy atom. The van der Waals surface area contributed by atoms with E-state index in [4.69, 9.17) is 27.9 Å². The molecule has 0 aliphatic heterocycles. The highest BCUT2D eigenvalue weighted by molar-refractivity contribution is 6.32. The van der Waals surface area contributed by atoms with Crippen molar-refractivity contribution >= 4 is 23.2 Å². The van der Waals surface area contributed by atoms with Gasteiger partial charge in [0.1, 0.15) is 10.8 Å². The summed E-state index contributed by atoms with van der Waals surface area (Å²) in [6.07, 6.45) is 1.66. The van der Waals surface area contributed by atoms with Crippen LogP contribution < -0.4 is 4.74 Å². The van der Waals surface area contributed by atoms with Crippen molar-refractivity contribution < 1.29 is 4.74 Å². The zero-order chi connectivity index (χ0) is 12.3. The van der Waals surface area contributed by atoms with Gasteiger partial charge in [-0.3, -0.25) is 0 Å². The van der Waals surface area contributed by atoms with Crippen molar-refractivity contribution in [3.63, 3.8) is 0 Å². The van der Waals surface area contributed by atoms with Gasteiger partial charge in [0, 0.05) is 12.1 Å². The average Bonchev–Trinajstić information content (AvgIpc) is 2.34. The minimum Gasteiger partial charge on any atom is -0.438 e. The van der Waals surface area contributed by atoms with E-state index in [0.717, 1.165) is 5.56 Å². The number of nitrogens with zero attached hydrogens (tertiary/aromatic N) is 1. The van der Waals surface area contributed by atoms with Crippen molar-refractivity contribution in [2.24, 2.45) is 0 Å². The molecule has 0 fully saturated rings. The van der Waals surface area contributed by atoms with Crippen LogP contribution in [0.3, 0.4) is 0 Å². The summed E-state index contributed by atoms with van der Waals surface area (Å²) < 4.78 is 5.58. The molecule has 2 nitrogen and oxygen atoms in total. The van der Waals surface area contributed by atoms with Gasteiger partial charge in [-0.05, 0) is 30.7 Å². The average molecular weight is 268 g/mol. The summed E-state index contributed by atoms with van der Waals surface area (Å²) >= 11 is 11.7. The number of halogens is 2. The smallest absolute Gasteiger partial charge is 0.238 e. The first-order valence-electron chi connectivity index (χ1n) is 5.14. The molecule has 0 spiro atoms. The fraction of sp³-hybridized carbons (Fsp3) is 0.154. The summed E-state index contributed by atoms with van der Waals surface area (Å²) in [4.78, 5) is 4.13. The van der Waals surface area contributed by atoms with E-state index in [-0.39, 0.29) is 0 Å². The van der Waals surface area contributed by atoms with E-state index in [1.54, 1.807) is 12.3 Å². The highest BCUT2D eigenvalue weighted by Crippen LogP contribution is 2.28. The molecule has 2 aromatic rings. The molecule has 88 valence electrons. The van der Waals surface area contributed by atoms with Crippen molar-refractivity contribution in [2.45, 2.75) is 12.8 Å². The zero-order valence-corrected chi connectivity index (χ0v) is 10.8. The molecule has 0 atom stereocenters. The molecule has 1 aromatic carbocycles. The lowest BCUT2D eigenvalue weighted by Gasteiger charge is -2.07. The summed E-state index contributed by atoms with van der Waals surface area (Å²) in [5, 5.41) is 0.462. The highest BCUT2D eigenvalue weighted by atomic mass is 35.5. The predicted molar refractivity (Wildman–Crippen MR) is 70.1 cm³/mol. The molecule has 0 radical (unpaired) electrons. The molecule has 4 heteroatoms. The molecule has 2 rings (SSSR count). The first-order valence-corrected chi connectivity index (χ1v) is 6.05. The van der Waals surface area contributed by atoms with E-state index in [0.29, 0.717) is 22.5 Å². The second-order valence-electron chi connectivity index (χ2n) is 3.68. The number of alkyl halides is 1. The number of pyridine rings is 1. The molecule has 17 heavy (non-hydrogen) atoms. The Bertz CT molecular complexity index is 511. The molecular weight excluding hydrogens is 257 g/mol. The van der Waals surface area contributed by atoms with Gasteiger partial charge in [0.2, 0.25) is 5.88 Å². The van der Waals surface area contributed by atoms with Crippen LogP contribution in [0.4, 0.5) is 0 Å². The normalized spacial score (nSPS) is 10.3. The van der Waals surface area contributed by atoms with E-state index >= 15 is 0 Å². The maximum Gasteiger partial charge on any atom is 0.238 e. The van der Waals surface area contributed by atoms with Gasteiger partial charge in [-0.25, -0.2) is 4.98 Å². The summed E-state index contributed by atoms with van der Waals surface area (Å²) in [7, 11) is 0. The summed E-state index contributed by atoms with van der Waals surface area (Å²) in [5.41, 5.74) is 2.04. The predicted octanol–water partition coefficient (Wildman–Crippen LogP) is 4.57. The SMILES string of the molecule is Cc1ccc(Oc2ncc(CCl)cc2Cl)cc1. The molecule has 0 aliphatic rings. The van der Waals surface area contributed by atoms with E-state index < -0.39 is 0 Å². The Kier molecular flexibility index (Phi) is 3.87. The lowest BCUT2D eigenvalue weighted by molar-refractivity contribution is 0.463. The van der Waals surface area contributed by atoms with Crippen LogP contribution in [0.5, 0.6) is 11.6 Å². The number of hydrogen-bond donors (Lipinski definition) is 0. The van der Waals surface area contributed by atoms with Crippen LogP contribution in [0.1, 0.15) is 11.1 Å². The van der Waals surface area contributed by atoms with Gasteiger partial charge in [0.25, 0.3) is 0 Å². The van der Waals surface area contributed by atoms with E-state index in [1.807, 2.05) is 31.2 Å².